The molecule has 1 unspecified atom stereocenters. The predicted molar refractivity (Wildman–Crippen MR) is 148 cm³/mol. The van der Waals surface area contributed by atoms with Crippen molar-refractivity contribution in [2.24, 2.45) is 5.41 Å². The van der Waals surface area contributed by atoms with E-state index in [-0.39, 0.29) is 6.04 Å². The van der Waals surface area contributed by atoms with Crippen LogP contribution in [-0.4, -0.2) is 32.4 Å². The molecule has 0 aliphatic carbocycles. The maximum absolute atomic E-state index is 14.7. The third kappa shape index (κ3) is 4.23. The fourth-order valence-corrected chi connectivity index (χ4v) is 6.76. The summed E-state index contributed by atoms with van der Waals surface area (Å²) in [6.07, 6.45) is -1.05. The molecule has 194 valence electrons. The first-order valence-electron chi connectivity index (χ1n) is 12.3. The monoisotopic (exact) mass is 538 g/mol. The molecule has 0 radical (unpaired) electrons. The number of halogens is 2. The van der Waals surface area contributed by atoms with Gasteiger partial charge in [0.2, 0.25) is 0 Å². The van der Waals surface area contributed by atoms with E-state index in [2.05, 4.69) is 0 Å². The Morgan fingerprint density at radius 1 is 0.919 bits per heavy atom. The quantitative estimate of drug-likeness (QED) is 0.360. The van der Waals surface area contributed by atoms with Crippen molar-refractivity contribution < 1.29 is 14.7 Å². The lowest BCUT2D eigenvalue weighted by Gasteiger charge is -2.52. The zero-order valence-corrected chi connectivity index (χ0v) is 23.2. The summed E-state index contributed by atoms with van der Waals surface area (Å²) in [4.78, 5) is 30.7. The standard InChI is InChI=1S/C30H32Cl2N2O3/c1-20(22-15-10-7-11-16-22)34-29(5,25-23(31)17-12-18-24(25)32)33(27(36)37)26(35)30(34,28(2,3)4)19-21-13-8-6-9-14-21/h6-18,20H,19H2,1-5H3,(H,36,37)/t20?,29-,30-/m0/s1. The summed E-state index contributed by atoms with van der Waals surface area (Å²) in [5.74, 6) is -0.502. The molecule has 4 rings (SSSR count). The Hall–Kier alpha value is -2.86. The number of hydrogen-bond acceptors (Lipinski definition) is 3. The molecule has 1 saturated heterocycles. The van der Waals surface area contributed by atoms with Gasteiger partial charge in [0.1, 0.15) is 11.2 Å². The van der Waals surface area contributed by atoms with Crippen molar-refractivity contribution >= 4 is 35.2 Å². The molecule has 1 aliphatic heterocycles. The van der Waals surface area contributed by atoms with E-state index in [0.29, 0.717) is 22.0 Å². The Bertz CT molecular complexity index is 1290. The number of benzene rings is 3. The SMILES string of the molecule is CC(c1ccccc1)N1[C@@](C)(c2c(Cl)cccc2Cl)N(C(=O)O)C(=O)[C@@]1(Cc1ccccc1)C(C)(C)C. The van der Waals surface area contributed by atoms with E-state index in [1.54, 1.807) is 25.1 Å². The van der Waals surface area contributed by atoms with Crippen LogP contribution < -0.4 is 0 Å². The van der Waals surface area contributed by atoms with Crippen LogP contribution in [0.3, 0.4) is 0 Å². The molecule has 0 aromatic heterocycles. The summed E-state index contributed by atoms with van der Waals surface area (Å²) >= 11 is 13.5. The molecule has 37 heavy (non-hydrogen) atoms. The van der Waals surface area contributed by atoms with Crippen LogP contribution in [0.2, 0.25) is 10.0 Å². The van der Waals surface area contributed by atoms with E-state index in [9.17, 15) is 14.7 Å². The van der Waals surface area contributed by atoms with E-state index in [1.807, 2.05) is 93.3 Å². The highest BCUT2D eigenvalue weighted by molar-refractivity contribution is 6.36. The van der Waals surface area contributed by atoms with Crippen LogP contribution in [0.4, 0.5) is 4.79 Å². The second-order valence-electron chi connectivity index (χ2n) is 10.8. The zero-order valence-electron chi connectivity index (χ0n) is 21.7. The van der Waals surface area contributed by atoms with Gasteiger partial charge >= 0.3 is 6.09 Å². The molecule has 1 N–H and O–H groups in total. The summed E-state index contributed by atoms with van der Waals surface area (Å²) in [5.41, 5.74) is -1.21. The van der Waals surface area contributed by atoms with Crippen LogP contribution in [-0.2, 0) is 16.9 Å². The van der Waals surface area contributed by atoms with Crippen molar-refractivity contribution in [3.63, 3.8) is 0 Å². The highest BCUT2D eigenvalue weighted by Crippen LogP contribution is 2.58. The minimum atomic E-state index is -1.50. The maximum atomic E-state index is 14.7. The van der Waals surface area contributed by atoms with E-state index in [4.69, 9.17) is 23.2 Å². The third-order valence-corrected chi connectivity index (χ3v) is 8.34. The molecule has 7 heteroatoms. The van der Waals surface area contributed by atoms with Gasteiger partial charge in [0.15, 0.2) is 0 Å². The van der Waals surface area contributed by atoms with Gasteiger partial charge in [-0.2, -0.15) is 0 Å². The van der Waals surface area contributed by atoms with Gasteiger partial charge in [0, 0.05) is 28.1 Å². The van der Waals surface area contributed by atoms with Gasteiger partial charge in [-0.25, -0.2) is 9.69 Å². The van der Waals surface area contributed by atoms with Gasteiger partial charge in [0.05, 0.1) is 0 Å². The van der Waals surface area contributed by atoms with Crippen molar-refractivity contribution in [2.75, 3.05) is 0 Å². The number of imide groups is 1. The first kappa shape index (κ1) is 27.2. The number of hydrogen-bond donors (Lipinski definition) is 1. The van der Waals surface area contributed by atoms with Gasteiger partial charge in [-0.3, -0.25) is 9.69 Å². The van der Waals surface area contributed by atoms with Gasteiger partial charge in [-0.15, -0.1) is 0 Å². The molecule has 0 bridgehead atoms. The van der Waals surface area contributed by atoms with Crippen LogP contribution >= 0.6 is 23.2 Å². The molecule has 2 amide bonds. The van der Waals surface area contributed by atoms with Gasteiger partial charge < -0.3 is 5.11 Å². The van der Waals surface area contributed by atoms with Crippen molar-refractivity contribution in [2.45, 2.75) is 58.3 Å². The minimum absolute atomic E-state index is 0.295. The lowest BCUT2D eigenvalue weighted by Crippen LogP contribution is -2.62. The van der Waals surface area contributed by atoms with Crippen molar-refractivity contribution in [1.29, 1.82) is 0 Å². The molecule has 3 aromatic rings. The summed E-state index contributed by atoms with van der Waals surface area (Å²) in [7, 11) is 0. The fraction of sp³-hybridized carbons (Fsp3) is 0.333. The summed E-state index contributed by atoms with van der Waals surface area (Å²) in [6, 6.07) is 24.2. The van der Waals surface area contributed by atoms with Gasteiger partial charge in [-0.1, -0.05) is 111 Å². The molecule has 5 nitrogen and oxygen atoms in total. The van der Waals surface area contributed by atoms with Gasteiger partial charge in [-0.05, 0) is 42.5 Å². The van der Waals surface area contributed by atoms with Crippen LogP contribution in [0.15, 0.2) is 78.9 Å². The van der Waals surface area contributed by atoms with Crippen LogP contribution in [0, 0.1) is 5.41 Å². The summed E-state index contributed by atoms with van der Waals surface area (Å²) < 4.78 is 0. The molecule has 0 saturated carbocycles. The lowest BCUT2D eigenvalue weighted by molar-refractivity contribution is -0.138. The Morgan fingerprint density at radius 3 is 1.92 bits per heavy atom. The average Bonchev–Trinajstić information content (AvgIpc) is 3.03. The molecule has 1 heterocycles. The second kappa shape index (κ2) is 9.79. The molecule has 3 atom stereocenters. The molecule has 3 aromatic carbocycles. The first-order chi connectivity index (χ1) is 17.4. The highest BCUT2D eigenvalue weighted by atomic mass is 35.5. The number of rotatable bonds is 5. The maximum Gasteiger partial charge on any atom is 0.415 e. The molecule has 0 spiro atoms. The van der Waals surface area contributed by atoms with Crippen molar-refractivity contribution in [3.05, 3.63) is 106 Å². The molecular formula is C30H32Cl2N2O3. The minimum Gasteiger partial charge on any atom is -0.465 e. The molecule has 1 fully saturated rings. The number of carbonyl (C=O) groups excluding carboxylic acids is 1. The van der Waals surface area contributed by atoms with Crippen LogP contribution in [0.5, 0.6) is 0 Å². The van der Waals surface area contributed by atoms with E-state index < -0.39 is 28.6 Å². The largest absolute Gasteiger partial charge is 0.465 e. The zero-order chi connectivity index (χ0) is 27.2. The smallest absolute Gasteiger partial charge is 0.415 e. The number of carbonyl (C=O) groups is 2. The van der Waals surface area contributed by atoms with E-state index in [1.165, 1.54) is 0 Å². The van der Waals surface area contributed by atoms with Crippen molar-refractivity contribution in [3.8, 4) is 0 Å². The van der Waals surface area contributed by atoms with Crippen molar-refractivity contribution in [1.82, 2.24) is 9.80 Å². The third-order valence-electron chi connectivity index (χ3n) is 7.71. The Labute approximate surface area is 228 Å². The normalized spacial score (nSPS) is 23.3. The summed E-state index contributed by atoms with van der Waals surface area (Å²) in [5, 5.41) is 11.2. The fourth-order valence-electron chi connectivity index (χ4n) is 6.01. The Balaban J connectivity index is 2.14. The molecular weight excluding hydrogens is 507 g/mol. The van der Waals surface area contributed by atoms with Crippen LogP contribution in [0.25, 0.3) is 0 Å². The number of carboxylic acid groups (broad SMARTS) is 1. The molecule has 1 aliphatic rings. The second-order valence-corrected chi connectivity index (χ2v) is 11.6. The topological polar surface area (TPSA) is 60.9 Å². The summed E-state index contributed by atoms with van der Waals surface area (Å²) in [6.45, 7) is 9.70. The van der Waals surface area contributed by atoms with E-state index in [0.717, 1.165) is 16.0 Å². The average molecular weight is 540 g/mol. The van der Waals surface area contributed by atoms with E-state index >= 15 is 0 Å². The number of nitrogens with zero attached hydrogens (tertiary/aromatic N) is 2. The Morgan fingerprint density at radius 2 is 1.43 bits per heavy atom. The highest BCUT2D eigenvalue weighted by Gasteiger charge is 2.71. The van der Waals surface area contributed by atoms with Gasteiger partial charge in [0.25, 0.3) is 5.91 Å². The lowest BCUT2D eigenvalue weighted by atomic mass is 9.68. The number of amides is 2. The predicted octanol–water partition coefficient (Wildman–Crippen LogP) is 7.78. The Kier molecular flexibility index (Phi) is 7.19. The first-order valence-corrected chi connectivity index (χ1v) is 13.0. The van der Waals surface area contributed by atoms with Crippen LogP contribution in [0.1, 0.15) is 57.4 Å².